The predicted octanol–water partition coefficient (Wildman–Crippen LogP) is 1.07. The summed E-state index contributed by atoms with van der Waals surface area (Å²) in [6, 6.07) is 12.7. The van der Waals surface area contributed by atoms with E-state index in [1.807, 2.05) is 30.3 Å². The van der Waals surface area contributed by atoms with Crippen LogP contribution in [-0.2, 0) is 19.8 Å². The zero-order chi connectivity index (χ0) is 24.7. The fourth-order valence-corrected chi connectivity index (χ4v) is 4.83. The average molecular weight is 481 g/mol. The van der Waals surface area contributed by atoms with Gasteiger partial charge in [-0.15, -0.1) is 0 Å². The lowest BCUT2D eigenvalue weighted by Gasteiger charge is -2.36. The molecule has 3 amide bonds. The molecule has 4 rings (SSSR count). The molecule has 2 aliphatic rings. The first-order chi connectivity index (χ1) is 17.0. The Hall–Kier alpha value is -3.30. The van der Waals surface area contributed by atoms with Gasteiger partial charge in [-0.3, -0.25) is 29.2 Å². The highest BCUT2D eigenvalue weighted by molar-refractivity contribution is 6.10. The van der Waals surface area contributed by atoms with Crippen molar-refractivity contribution in [3.05, 3.63) is 60.4 Å². The molecule has 3 heterocycles. The van der Waals surface area contributed by atoms with Crippen molar-refractivity contribution in [2.45, 2.75) is 24.7 Å². The molecule has 0 spiro atoms. The van der Waals surface area contributed by atoms with Gasteiger partial charge >= 0.3 is 0 Å². The number of rotatable bonds is 10. The third-order valence-corrected chi connectivity index (χ3v) is 6.76. The number of likely N-dealkylation sites (tertiary alicyclic amines) is 1. The fraction of sp³-hybridized carbons (Fsp3) is 0.462. The van der Waals surface area contributed by atoms with Crippen LogP contribution < -0.4 is 4.74 Å². The first-order valence-corrected chi connectivity index (χ1v) is 12.1. The Morgan fingerprint density at radius 2 is 1.80 bits per heavy atom. The van der Waals surface area contributed by atoms with Gasteiger partial charge in [0.2, 0.25) is 17.7 Å². The third kappa shape index (κ3) is 5.68. The molecule has 0 unspecified atom stereocenters. The van der Waals surface area contributed by atoms with Gasteiger partial charge in [-0.1, -0.05) is 30.3 Å². The van der Waals surface area contributed by atoms with E-state index in [1.54, 1.807) is 29.4 Å². The number of ether oxygens (including phenoxy) is 1. The molecule has 35 heavy (non-hydrogen) atoms. The number of pyridine rings is 1. The van der Waals surface area contributed by atoms with E-state index in [4.69, 9.17) is 9.84 Å². The summed E-state index contributed by atoms with van der Waals surface area (Å²) in [5, 5.41) is 9.15. The van der Waals surface area contributed by atoms with Gasteiger partial charge in [0.15, 0.2) is 0 Å². The lowest BCUT2D eigenvalue weighted by atomic mass is 9.75. The van der Waals surface area contributed by atoms with Gasteiger partial charge in [-0.2, -0.15) is 0 Å². The number of aliphatic hydroxyl groups excluding tert-OH is 1. The van der Waals surface area contributed by atoms with Crippen LogP contribution in [0.2, 0.25) is 0 Å². The van der Waals surface area contributed by atoms with Gasteiger partial charge in [0.25, 0.3) is 0 Å². The summed E-state index contributed by atoms with van der Waals surface area (Å²) < 4.78 is 5.65. The lowest BCUT2D eigenvalue weighted by Crippen LogP contribution is -2.51. The van der Waals surface area contributed by atoms with Crippen LogP contribution in [0.5, 0.6) is 5.75 Å². The van der Waals surface area contributed by atoms with E-state index in [9.17, 15) is 14.4 Å². The van der Waals surface area contributed by atoms with Crippen LogP contribution in [0.15, 0.2) is 54.9 Å². The standard InChI is InChI=1S/C26H32N4O5/c31-16-15-28-11-13-29(14-12-28)23(32)18-26(21-6-2-1-3-7-21)19-24(33)30(25(26)34)10-5-17-35-22-8-4-9-27-20-22/h1-4,6-9,20,31H,5,10-19H2/t26-/m1/s1. The Balaban J connectivity index is 1.44. The number of carbonyl (C=O) groups excluding carboxylic acids is 3. The summed E-state index contributed by atoms with van der Waals surface area (Å²) >= 11 is 0. The molecule has 1 atom stereocenters. The molecule has 1 aromatic heterocycles. The third-order valence-electron chi connectivity index (χ3n) is 6.76. The highest BCUT2D eigenvalue weighted by atomic mass is 16.5. The predicted molar refractivity (Wildman–Crippen MR) is 129 cm³/mol. The van der Waals surface area contributed by atoms with E-state index in [-0.39, 0.29) is 43.7 Å². The Morgan fingerprint density at radius 3 is 2.49 bits per heavy atom. The minimum Gasteiger partial charge on any atom is -0.492 e. The molecule has 1 N–H and O–H groups in total. The summed E-state index contributed by atoms with van der Waals surface area (Å²) in [5.74, 6) is -0.0709. The summed E-state index contributed by atoms with van der Waals surface area (Å²) in [5.41, 5.74) is -0.498. The van der Waals surface area contributed by atoms with Crippen molar-refractivity contribution in [3.63, 3.8) is 0 Å². The molecular weight excluding hydrogens is 448 g/mol. The van der Waals surface area contributed by atoms with Crippen LogP contribution in [0.4, 0.5) is 0 Å². The number of benzene rings is 1. The summed E-state index contributed by atoms with van der Waals surface area (Å²) in [4.78, 5) is 49.2. The van der Waals surface area contributed by atoms with Gasteiger partial charge in [-0.25, -0.2) is 0 Å². The van der Waals surface area contributed by atoms with Gasteiger partial charge < -0.3 is 14.7 Å². The number of amides is 3. The number of piperazine rings is 1. The van der Waals surface area contributed by atoms with Gasteiger partial charge in [-0.05, 0) is 24.1 Å². The molecule has 0 bridgehead atoms. The number of hydrogen-bond acceptors (Lipinski definition) is 7. The maximum absolute atomic E-state index is 13.7. The molecule has 1 aromatic carbocycles. The molecule has 2 fully saturated rings. The molecule has 2 aliphatic heterocycles. The monoisotopic (exact) mass is 480 g/mol. The molecule has 0 saturated carbocycles. The van der Waals surface area contributed by atoms with E-state index >= 15 is 0 Å². The van der Waals surface area contributed by atoms with Crippen molar-refractivity contribution in [2.24, 2.45) is 0 Å². The summed E-state index contributed by atoms with van der Waals surface area (Å²) in [7, 11) is 0. The van der Waals surface area contributed by atoms with Crippen molar-refractivity contribution in [3.8, 4) is 5.75 Å². The first-order valence-electron chi connectivity index (χ1n) is 12.1. The molecule has 9 heteroatoms. The van der Waals surface area contributed by atoms with E-state index in [1.165, 1.54) is 4.90 Å². The zero-order valence-corrected chi connectivity index (χ0v) is 19.8. The van der Waals surface area contributed by atoms with Crippen LogP contribution in [0.25, 0.3) is 0 Å². The molecule has 186 valence electrons. The minimum absolute atomic E-state index is 0.0183. The summed E-state index contributed by atoms with van der Waals surface area (Å²) in [6.45, 7) is 3.70. The second-order valence-electron chi connectivity index (χ2n) is 8.99. The SMILES string of the molecule is O=C(C[C@]1(c2ccccc2)CC(=O)N(CCCOc2cccnc2)C1=O)N1CCN(CCO)CC1. The molecular formula is C26H32N4O5. The van der Waals surface area contributed by atoms with E-state index in [2.05, 4.69) is 9.88 Å². The van der Waals surface area contributed by atoms with Crippen LogP contribution >= 0.6 is 0 Å². The van der Waals surface area contributed by atoms with Gasteiger partial charge in [0.05, 0.1) is 24.8 Å². The Labute approximate surface area is 205 Å². The highest BCUT2D eigenvalue weighted by Crippen LogP contribution is 2.40. The molecule has 2 saturated heterocycles. The molecule has 2 aromatic rings. The Bertz CT molecular complexity index is 1010. The van der Waals surface area contributed by atoms with Crippen LogP contribution in [0, 0.1) is 0 Å². The van der Waals surface area contributed by atoms with Crippen LogP contribution in [-0.4, -0.2) is 95.0 Å². The lowest BCUT2D eigenvalue weighted by molar-refractivity contribution is -0.143. The Morgan fingerprint density at radius 1 is 1.03 bits per heavy atom. The Kier molecular flexibility index (Phi) is 8.09. The maximum atomic E-state index is 13.7. The normalized spacial score (nSPS) is 20.9. The largest absolute Gasteiger partial charge is 0.492 e. The second-order valence-corrected chi connectivity index (χ2v) is 8.99. The van der Waals surface area contributed by atoms with Crippen LogP contribution in [0.1, 0.15) is 24.8 Å². The highest BCUT2D eigenvalue weighted by Gasteiger charge is 2.53. The second kappa shape index (κ2) is 11.4. The number of imide groups is 1. The number of hydrogen-bond donors (Lipinski definition) is 1. The number of nitrogens with zero attached hydrogens (tertiary/aromatic N) is 4. The van der Waals surface area contributed by atoms with E-state index in [0.29, 0.717) is 57.1 Å². The number of aliphatic hydroxyl groups is 1. The minimum atomic E-state index is -1.19. The zero-order valence-electron chi connectivity index (χ0n) is 19.8. The molecule has 9 nitrogen and oxygen atoms in total. The van der Waals surface area contributed by atoms with Crippen molar-refractivity contribution in [2.75, 3.05) is 52.5 Å². The van der Waals surface area contributed by atoms with Crippen LogP contribution in [0.3, 0.4) is 0 Å². The summed E-state index contributed by atoms with van der Waals surface area (Å²) in [6.07, 6.45) is 3.70. The number of β-amino-alcohol motifs (C(OH)–C–C–N with tert-alkyl or cyclic N) is 1. The van der Waals surface area contributed by atoms with Gasteiger partial charge in [0, 0.05) is 58.3 Å². The maximum Gasteiger partial charge on any atom is 0.240 e. The van der Waals surface area contributed by atoms with Crippen molar-refractivity contribution in [1.29, 1.82) is 0 Å². The van der Waals surface area contributed by atoms with Crippen molar-refractivity contribution in [1.82, 2.24) is 19.7 Å². The van der Waals surface area contributed by atoms with E-state index < -0.39 is 5.41 Å². The quantitative estimate of drug-likeness (QED) is 0.401. The first kappa shape index (κ1) is 24.8. The number of carbonyl (C=O) groups is 3. The molecule has 0 aliphatic carbocycles. The topological polar surface area (TPSA) is 103 Å². The van der Waals surface area contributed by atoms with Crippen molar-refractivity contribution < 1.29 is 24.2 Å². The number of aromatic nitrogens is 1. The van der Waals surface area contributed by atoms with Gasteiger partial charge in [0.1, 0.15) is 5.75 Å². The van der Waals surface area contributed by atoms with Crippen molar-refractivity contribution >= 4 is 17.7 Å². The van der Waals surface area contributed by atoms with E-state index in [0.717, 1.165) is 0 Å². The molecule has 0 radical (unpaired) electrons. The smallest absolute Gasteiger partial charge is 0.240 e. The average Bonchev–Trinajstić information content (AvgIpc) is 3.13. The fourth-order valence-electron chi connectivity index (χ4n) is 4.83.